The van der Waals surface area contributed by atoms with Crippen LogP contribution in [0.1, 0.15) is 46.2 Å². The van der Waals surface area contributed by atoms with Crippen molar-refractivity contribution in [3.8, 4) is 0 Å². The Labute approximate surface area is 177 Å². The Balaban J connectivity index is 3.07. The molecule has 0 bridgehead atoms. The predicted octanol–water partition coefficient (Wildman–Crippen LogP) is 1.78. The first-order valence-corrected chi connectivity index (χ1v) is 9.69. The zero-order valence-corrected chi connectivity index (χ0v) is 18.4. The summed E-state index contributed by atoms with van der Waals surface area (Å²) in [5.41, 5.74) is -0.142. The highest BCUT2D eigenvalue weighted by molar-refractivity contribution is 5.93. The fraction of sp³-hybridized carbons (Fsp3) is 0.524. The number of amides is 3. The number of carbonyl (C=O) groups excluding carboxylic acids is 4. The number of esters is 1. The second kappa shape index (κ2) is 11.2. The van der Waals surface area contributed by atoms with Gasteiger partial charge in [-0.1, -0.05) is 30.3 Å². The Morgan fingerprint density at radius 2 is 1.70 bits per heavy atom. The molecule has 2 atom stereocenters. The maximum Gasteiger partial charge on any atom is 0.408 e. The molecule has 0 fully saturated rings. The minimum atomic E-state index is -0.990. The van der Waals surface area contributed by atoms with Crippen molar-refractivity contribution in [1.82, 2.24) is 15.5 Å². The van der Waals surface area contributed by atoms with E-state index in [1.54, 1.807) is 58.0 Å². The standard InChI is InChI=1S/C21H31N3O6/c1-7-24(19(27)14(2)23-20(28)30-21(3,4)5)17(15-11-9-8-10-12-15)18(26)22-13-16(25)29-6/h8-12,14,17H,7,13H2,1-6H3,(H,22,26)(H,23,28). The van der Waals surface area contributed by atoms with Gasteiger partial charge in [0, 0.05) is 6.54 Å². The van der Waals surface area contributed by atoms with Crippen molar-refractivity contribution in [2.24, 2.45) is 0 Å². The number of nitrogens with zero attached hydrogens (tertiary/aromatic N) is 1. The average Bonchev–Trinajstić information content (AvgIpc) is 2.68. The molecule has 0 heterocycles. The lowest BCUT2D eigenvalue weighted by atomic mass is 10.0. The Bertz CT molecular complexity index is 745. The van der Waals surface area contributed by atoms with Crippen molar-refractivity contribution in [1.29, 1.82) is 0 Å². The lowest BCUT2D eigenvalue weighted by Crippen LogP contribution is -2.52. The second-order valence-corrected chi connectivity index (χ2v) is 7.60. The zero-order chi connectivity index (χ0) is 22.9. The second-order valence-electron chi connectivity index (χ2n) is 7.60. The fourth-order valence-corrected chi connectivity index (χ4v) is 2.70. The minimum absolute atomic E-state index is 0.199. The molecule has 0 spiro atoms. The number of alkyl carbamates (subject to hydrolysis) is 1. The maximum atomic E-state index is 13.1. The predicted molar refractivity (Wildman–Crippen MR) is 110 cm³/mol. The van der Waals surface area contributed by atoms with Crippen LogP contribution in [0.2, 0.25) is 0 Å². The van der Waals surface area contributed by atoms with Crippen molar-refractivity contribution in [2.45, 2.75) is 52.3 Å². The topological polar surface area (TPSA) is 114 Å². The number of benzene rings is 1. The molecule has 0 radical (unpaired) electrons. The monoisotopic (exact) mass is 421 g/mol. The minimum Gasteiger partial charge on any atom is -0.468 e. The van der Waals surface area contributed by atoms with E-state index in [-0.39, 0.29) is 13.1 Å². The van der Waals surface area contributed by atoms with Crippen LogP contribution < -0.4 is 10.6 Å². The molecule has 1 aromatic carbocycles. The molecule has 1 rings (SSSR count). The van der Waals surface area contributed by atoms with Gasteiger partial charge < -0.3 is 25.0 Å². The van der Waals surface area contributed by atoms with Gasteiger partial charge in [0.25, 0.3) is 0 Å². The third-order valence-electron chi connectivity index (χ3n) is 4.04. The fourth-order valence-electron chi connectivity index (χ4n) is 2.70. The number of ether oxygens (including phenoxy) is 2. The van der Waals surface area contributed by atoms with Gasteiger partial charge >= 0.3 is 12.1 Å². The van der Waals surface area contributed by atoms with Crippen molar-refractivity contribution >= 4 is 23.9 Å². The summed E-state index contributed by atoms with van der Waals surface area (Å²) in [5, 5.41) is 4.99. The van der Waals surface area contributed by atoms with Gasteiger partial charge in [0.15, 0.2) is 0 Å². The molecule has 9 nitrogen and oxygen atoms in total. The zero-order valence-electron chi connectivity index (χ0n) is 18.4. The van der Waals surface area contributed by atoms with E-state index in [4.69, 9.17) is 4.74 Å². The van der Waals surface area contributed by atoms with Gasteiger partial charge in [0.1, 0.15) is 24.2 Å². The van der Waals surface area contributed by atoms with Crippen LogP contribution in [0.3, 0.4) is 0 Å². The van der Waals surface area contributed by atoms with Gasteiger partial charge in [0.2, 0.25) is 11.8 Å². The molecule has 30 heavy (non-hydrogen) atoms. The Hall–Kier alpha value is -3.10. The number of hydrogen-bond acceptors (Lipinski definition) is 6. The molecule has 0 aliphatic carbocycles. The lowest BCUT2D eigenvalue weighted by Gasteiger charge is -2.32. The number of likely N-dealkylation sites (N-methyl/N-ethyl adjacent to an activating group) is 1. The van der Waals surface area contributed by atoms with E-state index in [1.165, 1.54) is 18.9 Å². The normalized spacial score (nSPS) is 12.9. The summed E-state index contributed by atoms with van der Waals surface area (Å²) in [6, 6.07) is 6.79. The molecule has 0 aromatic heterocycles. The van der Waals surface area contributed by atoms with Crippen LogP contribution in [-0.2, 0) is 23.9 Å². The van der Waals surface area contributed by atoms with Gasteiger partial charge in [-0.15, -0.1) is 0 Å². The van der Waals surface area contributed by atoms with Crippen molar-refractivity contribution in [3.63, 3.8) is 0 Å². The van der Waals surface area contributed by atoms with Crippen LogP contribution >= 0.6 is 0 Å². The van der Waals surface area contributed by atoms with Crippen LogP contribution in [0, 0.1) is 0 Å². The molecule has 0 saturated carbocycles. The summed E-state index contributed by atoms with van der Waals surface area (Å²) in [6.07, 6.45) is -0.731. The summed E-state index contributed by atoms with van der Waals surface area (Å²) in [7, 11) is 1.22. The van der Waals surface area contributed by atoms with E-state index in [1.807, 2.05) is 0 Å². The molecule has 0 aliphatic rings. The van der Waals surface area contributed by atoms with E-state index < -0.39 is 41.6 Å². The van der Waals surface area contributed by atoms with Crippen LogP contribution in [0.15, 0.2) is 30.3 Å². The number of methoxy groups -OCH3 is 1. The highest BCUT2D eigenvalue weighted by Crippen LogP contribution is 2.22. The molecule has 3 amide bonds. The number of rotatable bonds is 8. The van der Waals surface area contributed by atoms with Crippen LogP contribution in [0.4, 0.5) is 4.79 Å². The Morgan fingerprint density at radius 3 is 2.20 bits per heavy atom. The van der Waals surface area contributed by atoms with Gasteiger partial charge in [-0.25, -0.2) is 4.79 Å². The first-order valence-electron chi connectivity index (χ1n) is 9.69. The van der Waals surface area contributed by atoms with Gasteiger partial charge in [-0.05, 0) is 40.2 Å². The summed E-state index contributed by atoms with van der Waals surface area (Å²) >= 11 is 0. The van der Waals surface area contributed by atoms with Gasteiger partial charge in [-0.3, -0.25) is 14.4 Å². The molecule has 166 valence electrons. The van der Waals surface area contributed by atoms with Gasteiger partial charge in [-0.2, -0.15) is 0 Å². The SMILES string of the molecule is CCN(C(=O)C(C)NC(=O)OC(C)(C)C)C(C(=O)NCC(=O)OC)c1ccccc1. The third-order valence-corrected chi connectivity index (χ3v) is 4.04. The molecule has 0 aliphatic heterocycles. The van der Waals surface area contributed by atoms with Crippen molar-refractivity contribution < 1.29 is 28.7 Å². The molecule has 1 aromatic rings. The summed E-state index contributed by atoms with van der Waals surface area (Å²) in [4.78, 5) is 50.7. The first-order chi connectivity index (χ1) is 14.0. The Morgan fingerprint density at radius 1 is 1.10 bits per heavy atom. The van der Waals surface area contributed by atoms with Crippen molar-refractivity contribution in [3.05, 3.63) is 35.9 Å². The summed E-state index contributed by atoms with van der Waals surface area (Å²) < 4.78 is 9.74. The quantitative estimate of drug-likeness (QED) is 0.619. The molecule has 0 saturated heterocycles. The van der Waals surface area contributed by atoms with Crippen LogP contribution in [-0.4, -0.2) is 60.6 Å². The maximum absolute atomic E-state index is 13.1. The number of nitrogens with one attached hydrogen (secondary N) is 2. The smallest absolute Gasteiger partial charge is 0.408 e. The molecular weight excluding hydrogens is 390 g/mol. The third kappa shape index (κ3) is 7.73. The largest absolute Gasteiger partial charge is 0.468 e. The van der Waals surface area contributed by atoms with E-state index in [0.29, 0.717) is 5.56 Å². The van der Waals surface area contributed by atoms with E-state index in [2.05, 4.69) is 15.4 Å². The molecule has 2 unspecified atom stereocenters. The number of hydrogen-bond donors (Lipinski definition) is 2. The molecule has 9 heteroatoms. The van der Waals surface area contributed by atoms with Crippen LogP contribution in [0.5, 0.6) is 0 Å². The highest BCUT2D eigenvalue weighted by atomic mass is 16.6. The molecular formula is C21H31N3O6. The first kappa shape index (κ1) is 24.9. The van der Waals surface area contributed by atoms with E-state index in [0.717, 1.165) is 0 Å². The van der Waals surface area contributed by atoms with Crippen LogP contribution in [0.25, 0.3) is 0 Å². The van der Waals surface area contributed by atoms with Gasteiger partial charge in [0.05, 0.1) is 7.11 Å². The molecule has 2 N–H and O–H groups in total. The van der Waals surface area contributed by atoms with Crippen molar-refractivity contribution in [2.75, 3.05) is 20.2 Å². The lowest BCUT2D eigenvalue weighted by molar-refractivity contribution is -0.144. The van der Waals surface area contributed by atoms with E-state index in [9.17, 15) is 19.2 Å². The summed E-state index contributed by atoms with van der Waals surface area (Å²) in [5.74, 6) is -1.61. The highest BCUT2D eigenvalue weighted by Gasteiger charge is 2.33. The summed E-state index contributed by atoms with van der Waals surface area (Å²) in [6.45, 7) is 8.27. The average molecular weight is 421 g/mol. The number of carbonyl (C=O) groups is 4. The van der Waals surface area contributed by atoms with E-state index >= 15 is 0 Å². The Kier molecular flexibility index (Phi) is 9.29.